The van der Waals surface area contributed by atoms with Gasteiger partial charge in [-0.15, -0.1) is 0 Å². The Hall–Kier alpha value is -0.920. The summed E-state index contributed by atoms with van der Waals surface area (Å²) in [5.41, 5.74) is 5.33. The molecule has 0 bridgehead atoms. The third-order valence-electron chi connectivity index (χ3n) is 0.887. The minimum Gasteiger partial charge on any atom is -0.384 e. The number of nitrogens with zero attached hydrogens (tertiary/aromatic N) is 2. The molecule has 1 amide bonds. The van der Waals surface area contributed by atoms with E-state index in [2.05, 4.69) is 15.3 Å². The summed E-state index contributed by atoms with van der Waals surface area (Å²) in [5.74, 6) is 0.560. The molecule has 0 aliphatic rings. The Balaban J connectivity index is 2.79. The second kappa shape index (κ2) is 3.46. The van der Waals surface area contributed by atoms with E-state index in [1.165, 1.54) is 6.20 Å². The number of hydrogen-bond acceptors (Lipinski definition) is 4. The quantitative estimate of drug-likeness (QED) is 0.451. The smallest absolute Gasteiger partial charge is 0.287 e. The van der Waals surface area contributed by atoms with Crippen LogP contribution >= 0.6 is 22.6 Å². The van der Waals surface area contributed by atoms with E-state index in [0.29, 0.717) is 5.82 Å². The molecule has 0 spiro atoms. The van der Waals surface area contributed by atoms with Crippen molar-refractivity contribution < 1.29 is 4.79 Å². The standard InChI is InChI=1S/C5H5IN4O/c6-4(11)10-5-8-2-1-3(7)9-5/h1-2H,(H3,7,8,9,10,11). The van der Waals surface area contributed by atoms with Gasteiger partial charge in [0.15, 0.2) is 0 Å². The minimum absolute atomic E-state index is 0.226. The number of carbonyl (C=O) groups excluding carboxylic acids is 1. The predicted molar refractivity (Wildman–Crippen MR) is 49.5 cm³/mol. The van der Waals surface area contributed by atoms with Crippen molar-refractivity contribution in [1.82, 2.24) is 9.97 Å². The maximum absolute atomic E-state index is 10.5. The third kappa shape index (κ3) is 2.66. The normalized spacial score (nSPS) is 9.18. The van der Waals surface area contributed by atoms with E-state index in [0.717, 1.165) is 0 Å². The first kappa shape index (κ1) is 8.18. The molecular formula is C5H5IN4O. The van der Waals surface area contributed by atoms with Crippen molar-refractivity contribution in [3.63, 3.8) is 0 Å². The molecule has 0 aromatic carbocycles. The van der Waals surface area contributed by atoms with Gasteiger partial charge in [-0.2, -0.15) is 4.98 Å². The highest BCUT2D eigenvalue weighted by atomic mass is 127. The zero-order chi connectivity index (χ0) is 8.27. The van der Waals surface area contributed by atoms with E-state index >= 15 is 0 Å². The fraction of sp³-hybridized carbons (Fsp3) is 0. The van der Waals surface area contributed by atoms with Crippen LogP contribution in [0.5, 0.6) is 0 Å². The van der Waals surface area contributed by atoms with Gasteiger partial charge in [-0.3, -0.25) is 10.1 Å². The Kier molecular flexibility index (Phi) is 2.58. The van der Waals surface area contributed by atoms with Crippen LogP contribution in [0, 0.1) is 0 Å². The fourth-order valence-electron chi connectivity index (χ4n) is 0.521. The van der Waals surface area contributed by atoms with Crippen molar-refractivity contribution in [3.05, 3.63) is 12.3 Å². The maximum Gasteiger partial charge on any atom is 0.287 e. The van der Waals surface area contributed by atoms with Crippen molar-refractivity contribution in [2.24, 2.45) is 0 Å². The average molecular weight is 264 g/mol. The van der Waals surface area contributed by atoms with E-state index < -0.39 is 0 Å². The van der Waals surface area contributed by atoms with Gasteiger partial charge in [-0.05, 0) is 6.07 Å². The number of amides is 1. The Morgan fingerprint density at radius 2 is 2.45 bits per heavy atom. The molecule has 0 saturated heterocycles. The monoisotopic (exact) mass is 264 g/mol. The van der Waals surface area contributed by atoms with Crippen LogP contribution in [-0.4, -0.2) is 13.9 Å². The van der Waals surface area contributed by atoms with Crippen LogP contribution in [0.4, 0.5) is 16.6 Å². The largest absolute Gasteiger partial charge is 0.384 e. The molecule has 0 unspecified atom stereocenters. The molecule has 1 rings (SSSR count). The molecule has 0 fully saturated rings. The second-order valence-electron chi connectivity index (χ2n) is 1.70. The average Bonchev–Trinajstić information content (AvgIpc) is 1.85. The van der Waals surface area contributed by atoms with Crippen LogP contribution in [0.15, 0.2) is 12.3 Å². The lowest BCUT2D eigenvalue weighted by Gasteiger charge is -1.97. The molecule has 0 radical (unpaired) electrons. The molecule has 5 nitrogen and oxygen atoms in total. The second-order valence-corrected chi connectivity index (χ2v) is 2.68. The number of anilines is 2. The van der Waals surface area contributed by atoms with Gasteiger partial charge >= 0.3 is 0 Å². The number of rotatable bonds is 1. The molecule has 11 heavy (non-hydrogen) atoms. The number of nitrogens with two attached hydrogens (primary N) is 1. The summed E-state index contributed by atoms with van der Waals surface area (Å²) in [5, 5.41) is 2.39. The topological polar surface area (TPSA) is 80.9 Å². The van der Waals surface area contributed by atoms with Crippen molar-refractivity contribution in [2.45, 2.75) is 0 Å². The van der Waals surface area contributed by atoms with Crippen LogP contribution in [0.25, 0.3) is 0 Å². The summed E-state index contributed by atoms with van der Waals surface area (Å²) in [6.45, 7) is 0. The predicted octanol–water partition coefficient (Wildman–Crippen LogP) is 1.03. The zero-order valence-corrected chi connectivity index (χ0v) is 7.57. The molecule has 1 aromatic rings. The van der Waals surface area contributed by atoms with E-state index in [9.17, 15) is 4.79 Å². The lowest BCUT2D eigenvalue weighted by Crippen LogP contribution is -2.05. The van der Waals surface area contributed by atoms with Crippen LogP contribution in [-0.2, 0) is 0 Å². The minimum atomic E-state index is -0.242. The number of hydrogen-bond donors (Lipinski definition) is 2. The first-order chi connectivity index (χ1) is 5.18. The molecular weight excluding hydrogens is 259 g/mol. The summed E-state index contributed by atoms with van der Waals surface area (Å²) in [4.78, 5) is 18.0. The maximum atomic E-state index is 10.5. The number of halogens is 1. The van der Waals surface area contributed by atoms with Crippen LogP contribution in [0.3, 0.4) is 0 Å². The Labute approximate surface area is 76.5 Å². The summed E-state index contributed by atoms with van der Waals surface area (Å²) in [6.07, 6.45) is 1.48. The summed E-state index contributed by atoms with van der Waals surface area (Å²) < 4.78 is -0.242. The SMILES string of the molecule is Nc1ccnc(NC(=O)I)n1. The first-order valence-corrected chi connectivity index (χ1v) is 3.81. The van der Waals surface area contributed by atoms with Crippen molar-refractivity contribution in [1.29, 1.82) is 0 Å². The van der Waals surface area contributed by atoms with E-state index in [-0.39, 0.29) is 9.86 Å². The van der Waals surface area contributed by atoms with Crippen molar-refractivity contribution in [3.8, 4) is 0 Å². The summed E-state index contributed by atoms with van der Waals surface area (Å²) >= 11 is 1.59. The number of carbonyl (C=O) groups is 1. The Bertz CT molecular complexity index is 277. The fourth-order valence-corrected chi connectivity index (χ4v) is 0.762. The Morgan fingerprint density at radius 1 is 1.73 bits per heavy atom. The highest BCUT2D eigenvalue weighted by Gasteiger charge is 1.98. The summed E-state index contributed by atoms with van der Waals surface area (Å²) in [7, 11) is 0. The van der Waals surface area contributed by atoms with Gasteiger partial charge in [0.25, 0.3) is 3.91 Å². The lowest BCUT2D eigenvalue weighted by molar-refractivity contribution is 0.271. The van der Waals surface area contributed by atoms with Crippen molar-refractivity contribution in [2.75, 3.05) is 11.1 Å². The zero-order valence-electron chi connectivity index (χ0n) is 5.41. The van der Waals surface area contributed by atoms with Crippen LogP contribution in [0.1, 0.15) is 0 Å². The molecule has 1 aromatic heterocycles. The first-order valence-electron chi connectivity index (χ1n) is 2.73. The number of nitrogens with one attached hydrogen (secondary N) is 1. The van der Waals surface area contributed by atoms with Gasteiger partial charge in [-0.25, -0.2) is 4.98 Å². The van der Waals surface area contributed by atoms with Gasteiger partial charge in [-0.1, -0.05) is 0 Å². The lowest BCUT2D eigenvalue weighted by atomic mass is 10.6. The molecule has 6 heteroatoms. The van der Waals surface area contributed by atoms with E-state index in [1.54, 1.807) is 28.7 Å². The van der Waals surface area contributed by atoms with E-state index in [4.69, 9.17) is 5.73 Å². The summed E-state index contributed by atoms with van der Waals surface area (Å²) in [6, 6.07) is 1.54. The molecule has 0 atom stereocenters. The molecule has 3 N–H and O–H groups in total. The van der Waals surface area contributed by atoms with Gasteiger partial charge in [0, 0.05) is 28.8 Å². The third-order valence-corrected chi connectivity index (χ3v) is 1.16. The highest BCUT2D eigenvalue weighted by molar-refractivity contribution is 14.1. The van der Waals surface area contributed by atoms with Crippen LogP contribution < -0.4 is 11.1 Å². The van der Waals surface area contributed by atoms with E-state index in [1.807, 2.05) is 0 Å². The van der Waals surface area contributed by atoms with Crippen LogP contribution in [0.2, 0.25) is 0 Å². The Morgan fingerprint density at radius 3 is 3.00 bits per heavy atom. The molecule has 58 valence electrons. The number of aromatic nitrogens is 2. The molecule has 1 heterocycles. The molecule has 0 aliphatic heterocycles. The number of nitrogen functional groups attached to an aromatic ring is 1. The van der Waals surface area contributed by atoms with Gasteiger partial charge in [0.2, 0.25) is 5.95 Å². The molecule has 0 saturated carbocycles. The molecule has 0 aliphatic carbocycles. The van der Waals surface area contributed by atoms with Gasteiger partial charge in [0.05, 0.1) is 0 Å². The van der Waals surface area contributed by atoms with Crippen molar-refractivity contribution >= 4 is 38.3 Å². The van der Waals surface area contributed by atoms with Gasteiger partial charge in [0.1, 0.15) is 5.82 Å². The highest BCUT2D eigenvalue weighted by Crippen LogP contribution is 2.02. The van der Waals surface area contributed by atoms with Gasteiger partial charge < -0.3 is 5.73 Å².